The fourth-order valence-electron chi connectivity index (χ4n) is 1.69. The van der Waals surface area contributed by atoms with Crippen molar-refractivity contribution in [2.45, 2.75) is 33.1 Å². The Hall–Kier alpha value is -1.55. The Morgan fingerprint density at radius 2 is 2.05 bits per heavy atom. The summed E-state index contributed by atoms with van der Waals surface area (Å²) in [5.74, 6) is -1.32. The van der Waals surface area contributed by atoms with Crippen molar-refractivity contribution < 1.29 is 14.7 Å². The van der Waals surface area contributed by atoms with Gasteiger partial charge in [-0.05, 0) is 44.9 Å². The van der Waals surface area contributed by atoms with Crippen LogP contribution >= 0.6 is 11.6 Å². The van der Waals surface area contributed by atoms with Crippen molar-refractivity contribution in [2.75, 3.05) is 6.54 Å². The molecular formula is C15H20ClNO3. The first kappa shape index (κ1) is 16.5. The molecule has 0 saturated carbocycles. The zero-order chi connectivity index (χ0) is 15.3. The molecule has 1 amide bonds. The van der Waals surface area contributed by atoms with Crippen LogP contribution in [0.5, 0.6) is 0 Å². The number of carboxylic acid groups (broad SMARTS) is 1. The van der Waals surface area contributed by atoms with Crippen LogP contribution in [0.2, 0.25) is 5.02 Å². The van der Waals surface area contributed by atoms with E-state index in [4.69, 9.17) is 16.7 Å². The lowest BCUT2D eigenvalue weighted by Gasteiger charge is -2.20. The summed E-state index contributed by atoms with van der Waals surface area (Å²) in [6.45, 7) is 5.41. The third-order valence-corrected chi connectivity index (χ3v) is 3.61. The Labute approximate surface area is 124 Å². The third kappa shape index (κ3) is 4.53. The summed E-state index contributed by atoms with van der Waals surface area (Å²) >= 11 is 5.90. The van der Waals surface area contributed by atoms with Gasteiger partial charge in [0.25, 0.3) is 0 Å². The summed E-state index contributed by atoms with van der Waals surface area (Å²) in [6, 6.07) is 7.16. The van der Waals surface area contributed by atoms with E-state index < -0.39 is 11.4 Å². The zero-order valence-electron chi connectivity index (χ0n) is 11.9. The Bertz CT molecular complexity index is 500. The Morgan fingerprint density at radius 3 is 2.60 bits per heavy atom. The number of aliphatic carboxylic acids is 1. The first-order valence-electron chi connectivity index (χ1n) is 6.50. The Kier molecular flexibility index (Phi) is 5.57. The van der Waals surface area contributed by atoms with Crippen LogP contribution in [0.4, 0.5) is 0 Å². The lowest BCUT2D eigenvalue weighted by molar-refractivity contribution is -0.147. The lowest BCUT2D eigenvalue weighted by atomic mass is 9.89. The summed E-state index contributed by atoms with van der Waals surface area (Å²) in [4.78, 5) is 23.0. The monoisotopic (exact) mass is 297 g/mol. The molecule has 0 aliphatic rings. The fourth-order valence-corrected chi connectivity index (χ4v) is 1.88. The molecule has 2 N–H and O–H groups in total. The van der Waals surface area contributed by atoms with E-state index in [9.17, 15) is 9.59 Å². The highest BCUT2D eigenvalue weighted by Crippen LogP contribution is 2.21. The van der Waals surface area contributed by atoms with Crippen LogP contribution in [-0.2, 0) is 9.59 Å². The van der Waals surface area contributed by atoms with Gasteiger partial charge >= 0.3 is 5.97 Å². The van der Waals surface area contributed by atoms with Gasteiger partial charge in [0.05, 0.1) is 11.3 Å². The molecule has 5 heteroatoms. The average molecular weight is 298 g/mol. The van der Waals surface area contributed by atoms with Crippen molar-refractivity contribution in [1.82, 2.24) is 5.32 Å². The number of carbonyl (C=O) groups is 2. The second-order valence-electron chi connectivity index (χ2n) is 5.51. The molecule has 0 fully saturated rings. The Balaban J connectivity index is 2.53. The number of halogens is 1. The smallest absolute Gasteiger partial charge is 0.309 e. The molecule has 110 valence electrons. The molecule has 0 aliphatic carbocycles. The second-order valence-corrected chi connectivity index (χ2v) is 5.94. The van der Waals surface area contributed by atoms with E-state index in [2.05, 4.69) is 5.32 Å². The molecule has 20 heavy (non-hydrogen) atoms. The standard InChI is InChI=1S/C15H20ClNO3/c1-10(11-5-4-6-12(16)9-11)13(18)17-8-7-15(2,3)14(19)20/h4-6,9-10H,7-8H2,1-3H3,(H,17,18)(H,19,20). The maximum absolute atomic E-state index is 12.0. The maximum Gasteiger partial charge on any atom is 0.309 e. The summed E-state index contributed by atoms with van der Waals surface area (Å²) in [5.41, 5.74) is -0.000428. The van der Waals surface area contributed by atoms with Gasteiger partial charge in [-0.25, -0.2) is 0 Å². The summed E-state index contributed by atoms with van der Waals surface area (Å²) < 4.78 is 0. The normalized spacial score (nSPS) is 12.8. The van der Waals surface area contributed by atoms with Gasteiger partial charge in [-0.3, -0.25) is 9.59 Å². The van der Waals surface area contributed by atoms with E-state index >= 15 is 0 Å². The SMILES string of the molecule is CC(C(=O)NCCC(C)(C)C(=O)O)c1cccc(Cl)c1. The first-order chi connectivity index (χ1) is 9.24. The molecule has 0 saturated heterocycles. The maximum atomic E-state index is 12.0. The molecule has 0 spiro atoms. The number of amides is 1. The van der Waals surface area contributed by atoms with Crippen molar-refractivity contribution in [3.05, 3.63) is 34.9 Å². The molecule has 1 aromatic rings. The van der Waals surface area contributed by atoms with Gasteiger partial charge in [0.2, 0.25) is 5.91 Å². The number of hydrogen-bond acceptors (Lipinski definition) is 2. The van der Waals surface area contributed by atoms with Crippen LogP contribution in [0.15, 0.2) is 24.3 Å². The summed E-state index contributed by atoms with van der Waals surface area (Å²) in [7, 11) is 0. The molecule has 0 aromatic heterocycles. The van der Waals surface area contributed by atoms with Gasteiger partial charge in [-0.1, -0.05) is 23.7 Å². The largest absolute Gasteiger partial charge is 0.481 e. The predicted molar refractivity (Wildman–Crippen MR) is 78.9 cm³/mol. The molecule has 1 aromatic carbocycles. The number of benzene rings is 1. The van der Waals surface area contributed by atoms with Gasteiger partial charge in [0.15, 0.2) is 0 Å². The van der Waals surface area contributed by atoms with Crippen molar-refractivity contribution in [2.24, 2.45) is 5.41 Å². The number of nitrogens with one attached hydrogen (secondary N) is 1. The summed E-state index contributed by atoms with van der Waals surface area (Å²) in [6.07, 6.45) is 0.385. The van der Waals surface area contributed by atoms with Crippen LogP contribution in [0.25, 0.3) is 0 Å². The van der Waals surface area contributed by atoms with Crippen LogP contribution in [0.1, 0.15) is 38.7 Å². The van der Waals surface area contributed by atoms with Crippen molar-refractivity contribution in [3.8, 4) is 0 Å². The molecule has 4 nitrogen and oxygen atoms in total. The minimum absolute atomic E-state index is 0.131. The average Bonchev–Trinajstić information content (AvgIpc) is 2.37. The molecule has 0 radical (unpaired) electrons. The first-order valence-corrected chi connectivity index (χ1v) is 6.88. The molecule has 0 heterocycles. The van der Waals surface area contributed by atoms with Crippen LogP contribution < -0.4 is 5.32 Å². The van der Waals surface area contributed by atoms with Crippen molar-refractivity contribution >= 4 is 23.5 Å². The van der Waals surface area contributed by atoms with Crippen molar-refractivity contribution in [1.29, 1.82) is 0 Å². The lowest BCUT2D eigenvalue weighted by Crippen LogP contribution is -2.33. The van der Waals surface area contributed by atoms with Crippen molar-refractivity contribution in [3.63, 3.8) is 0 Å². The molecule has 1 rings (SSSR count). The number of carbonyl (C=O) groups excluding carboxylic acids is 1. The quantitative estimate of drug-likeness (QED) is 0.848. The summed E-state index contributed by atoms with van der Waals surface area (Å²) in [5, 5.41) is 12.4. The number of rotatable bonds is 6. The van der Waals surface area contributed by atoms with E-state index in [1.165, 1.54) is 0 Å². The second kappa shape index (κ2) is 6.75. The van der Waals surface area contributed by atoms with E-state index in [0.29, 0.717) is 18.0 Å². The van der Waals surface area contributed by atoms with Crippen LogP contribution in [0.3, 0.4) is 0 Å². The minimum Gasteiger partial charge on any atom is -0.481 e. The van der Waals surface area contributed by atoms with Gasteiger partial charge < -0.3 is 10.4 Å². The molecular weight excluding hydrogens is 278 g/mol. The molecule has 1 unspecified atom stereocenters. The van der Waals surface area contributed by atoms with Crippen LogP contribution in [0, 0.1) is 5.41 Å². The van der Waals surface area contributed by atoms with E-state index in [0.717, 1.165) is 5.56 Å². The highest BCUT2D eigenvalue weighted by Gasteiger charge is 2.27. The molecule has 1 atom stereocenters. The van der Waals surface area contributed by atoms with Gasteiger partial charge in [-0.2, -0.15) is 0 Å². The van der Waals surface area contributed by atoms with E-state index in [1.54, 1.807) is 39.0 Å². The van der Waals surface area contributed by atoms with E-state index in [1.807, 2.05) is 6.07 Å². The van der Waals surface area contributed by atoms with Gasteiger partial charge in [-0.15, -0.1) is 0 Å². The molecule has 0 aliphatic heterocycles. The fraction of sp³-hybridized carbons (Fsp3) is 0.467. The van der Waals surface area contributed by atoms with Crippen LogP contribution in [-0.4, -0.2) is 23.5 Å². The number of carboxylic acids is 1. The van der Waals surface area contributed by atoms with E-state index in [-0.39, 0.29) is 11.8 Å². The third-order valence-electron chi connectivity index (χ3n) is 3.37. The Morgan fingerprint density at radius 1 is 1.40 bits per heavy atom. The number of hydrogen-bond donors (Lipinski definition) is 2. The predicted octanol–water partition coefficient (Wildman–Crippen LogP) is 3.06. The zero-order valence-corrected chi connectivity index (χ0v) is 12.7. The van der Waals surface area contributed by atoms with Gasteiger partial charge in [0.1, 0.15) is 0 Å². The topological polar surface area (TPSA) is 66.4 Å². The van der Waals surface area contributed by atoms with Gasteiger partial charge in [0, 0.05) is 11.6 Å². The highest BCUT2D eigenvalue weighted by molar-refractivity contribution is 6.30. The highest BCUT2D eigenvalue weighted by atomic mass is 35.5. The minimum atomic E-state index is -0.866. The molecule has 0 bridgehead atoms.